The molecule has 1 aliphatic carbocycles. The maximum atomic E-state index is 13.9. The van der Waals surface area contributed by atoms with Gasteiger partial charge in [0.2, 0.25) is 0 Å². The Morgan fingerprint density at radius 2 is 1.39 bits per heavy atom. The number of aromatic nitrogens is 2. The van der Waals surface area contributed by atoms with Crippen LogP contribution in [-0.4, -0.2) is 28.1 Å². The summed E-state index contributed by atoms with van der Waals surface area (Å²) in [5, 5.41) is 16.9. The molecule has 8 nitrogen and oxygen atoms in total. The van der Waals surface area contributed by atoms with Gasteiger partial charge in [0.05, 0.1) is 43.5 Å². The lowest BCUT2D eigenvalue weighted by molar-refractivity contribution is -0.0433. The zero-order valence-electron chi connectivity index (χ0n) is 26.1. The molecule has 0 aliphatic heterocycles. The van der Waals surface area contributed by atoms with Crippen molar-refractivity contribution in [3.8, 4) is 22.7 Å². The van der Waals surface area contributed by atoms with Gasteiger partial charge in [-0.25, -0.2) is 9.25 Å². The van der Waals surface area contributed by atoms with Gasteiger partial charge in [0.15, 0.2) is 0 Å². The highest BCUT2D eigenvalue weighted by atomic mass is 31.2. The van der Waals surface area contributed by atoms with E-state index in [1.165, 1.54) is 0 Å². The van der Waals surface area contributed by atoms with Crippen LogP contribution in [0, 0.1) is 6.92 Å². The first-order valence-electron chi connectivity index (χ1n) is 15.5. The van der Waals surface area contributed by atoms with E-state index in [1.54, 1.807) is 7.11 Å². The molecule has 1 fully saturated rings. The van der Waals surface area contributed by atoms with Crippen LogP contribution in [-0.2, 0) is 37.0 Å². The Labute approximate surface area is 270 Å². The third-order valence-corrected chi connectivity index (χ3v) is 9.80. The minimum atomic E-state index is -3.94. The van der Waals surface area contributed by atoms with E-state index in [2.05, 4.69) is 31.2 Å². The van der Waals surface area contributed by atoms with Crippen molar-refractivity contribution in [1.82, 2.24) is 9.78 Å². The molecular formula is C37H39N2O6P. The number of benzene rings is 4. The maximum Gasteiger partial charge on any atom is 0.475 e. The molecule has 9 heteroatoms. The molecule has 5 aromatic rings. The number of phosphoric ester groups is 1. The van der Waals surface area contributed by atoms with E-state index in [1.807, 2.05) is 95.7 Å². The number of hydrogen-bond acceptors (Lipinski definition) is 7. The molecule has 1 heterocycles. The van der Waals surface area contributed by atoms with Crippen molar-refractivity contribution >= 4 is 7.82 Å². The highest BCUT2D eigenvalue weighted by Crippen LogP contribution is 2.54. The number of methoxy groups -OCH3 is 1. The van der Waals surface area contributed by atoms with Crippen molar-refractivity contribution < 1.29 is 28.0 Å². The van der Waals surface area contributed by atoms with E-state index in [0.717, 1.165) is 39.4 Å². The van der Waals surface area contributed by atoms with Crippen LogP contribution in [0.3, 0.4) is 0 Å². The van der Waals surface area contributed by atoms with E-state index >= 15 is 0 Å². The molecule has 1 aliphatic rings. The molecule has 0 unspecified atom stereocenters. The fraction of sp³-hybridized carbons (Fsp3) is 0.270. The summed E-state index contributed by atoms with van der Waals surface area (Å²) < 4.78 is 39.0. The van der Waals surface area contributed by atoms with E-state index < -0.39 is 19.5 Å². The third kappa shape index (κ3) is 7.66. The van der Waals surface area contributed by atoms with Crippen LogP contribution >= 0.6 is 7.82 Å². The van der Waals surface area contributed by atoms with Gasteiger partial charge >= 0.3 is 7.82 Å². The Hall–Kier alpha value is -4.04. The van der Waals surface area contributed by atoms with Crippen LogP contribution < -0.4 is 4.74 Å². The molecule has 0 atom stereocenters. The van der Waals surface area contributed by atoms with Gasteiger partial charge in [0.25, 0.3) is 0 Å². The van der Waals surface area contributed by atoms with Gasteiger partial charge in [-0.2, -0.15) is 5.10 Å². The molecule has 0 amide bonds. The van der Waals surface area contributed by atoms with E-state index in [-0.39, 0.29) is 13.2 Å². The minimum absolute atomic E-state index is 0.0914. The second-order valence-corrected chi connectivity index (χ2v) is 13.3. The van der Waals surface area contributed by atoms with E-state index in [0.29, 0.717) is 31.4 Å². The Bertz CT molecular complexity index is 1700. The second-order valence-electron chi connectivity index (χ2n) is 11.7. The first-order valence-corrected chi connectivity index (χ1v) is 17.0. The summed E-state index contributed by atoms with van der Waals surface area (Å²) in [5.74, 6) is 0.753. The highest BCUT2D eigenvalue weighted by molar-refractivity contribution is 7.48. The normalized spacial score (nSPS) is 18.4. The molecule has 46 heavy (non-hydrogen) atoms. The summed E-state index contributed by atoms with van der Waals surface area (Å²) in [4.78, 5) is 0. The van der Waals surface area contributed by atoms with Gasteiger partial charge in [-0.1, -0.05) is 90.5 Å². The number of nitrogens with zero attached hydrogens (tertiary/aromatic N) is 2. The van der Waals surface area contributed by atoms with Gasteiger partial charge in [0.1, 0.15) is 11.4 Å². The van der Waals surface area contributed by atoms with Crippen LogP contribution in [0.4, 0.5) is 0 Å². The number of hydrogen-bond donors (Lipinski definition) is 1. The van der Waals surface area contributed by atoms with Gasteiger partial charge < -0.3 is 9.84 Å². The summed E-state index contributed by atoms with van der Waals surface area (Å²) in [7, 11) is -2.30. The molecule has 238 valence electrons. The Morgan fingerprint density at radius 1 is 0.826 bits per heavy atom. The lowest BCUT2D eigenvalue weighted by Crippen LogP contribution is -2.34. The Kier molecular flexibility index (Phi) is 9.83. The Balaban J connectivity index is 1.19. The maximum absolute atomic E-state index is 13.9. The van der Waals surface area contributed by atoms with Crippen molar-refractivity contribution in [2.24, 2.45) is 0 Å². The molecule has 0 spiro atoms. The summed E-state index contributed by atoms with van der Waals surface area (Å²) in [6.45, 7) is 2.24. The first-order chi connectivity index (χ1) is 22.3. The van der Waals surface area contributed by atoms with Crippen LogP contribution in [0.2, 0.25) is 0 Å². The van der Waals surface area contributed by atoms with Crippen LogP contribution in [0.5, 0.6) is 5.75 Å². The predicted octanol–water partition coefficient (Wildman–Crippen LogP) is 8.54. The molecule has 0 saturated heterocycles. The summed E-state index contributed by atoms with van der Waals surface area (Å²) in [5.41, 5.74) is 5.02. The predicted molar refractivity (Wildman–Crippen MR) is 178 cm³/mol. The third-order valence-electron chi connectivity index (χ3n) is 8.35. The standard InChI is InChI=1S/C37H39N2O6P/c1-28-13-15-31(16-14-28)35-25-36(38-39(35)32-17-19-33(42-2)20-18-32)37(40)23-21-34(22-24-37)45-46(41,43-26-29-9-5-3-6-10-29)44-27-30-11-7-4-8-12-30/h3-20,25,34,40H,21-24,26-27H2,1-2H3. The van der Waals surface area contributed by atoms with Gasteiger partial charge in [0, 0.05) is 5.56 Å². The Morgan fingerprint density at radius 3 is 1.93 bits per heavy atom. The lowest BCUT2D eigenvalue weighted by Gasteiger charge is -2.35. The van der Waals surface area contributed by atoms with E-state index in [4.69, 9.17) is 23.4 Å². The molecule has 0 bridgehead atoms. The first kappa shape index (κ1) is 31.9. The van der Waals surface area contributed by atoms with Crippen molar-refractivity contribution in [2.75, 3.05) is 7.11 Å². The lowest BCUT2D eigenvalue weighted by atomic mass is 9.81. The van der Waals surface area contributed by atoms with Crippen LogP contribution in [0.25, 0.3) is 16.9 Å². The van der Waals surface area contributed by atoms with Crippen LogP contribution in [0.15, 0.2) is 115 Å². The van der Waals surface area contributed by atoms with Crippen molar-refractivity contribution in [1.29, 1.82) is 0 Å². The van der Waals surface area contributed by atoms with Gasteiger partial charge in [-0.15, -0.1) is 0 Å². The van der Waals surface area contributed by atoms with Crippen molar-refractivity contribution in [3.63, 3.8) is 0 Å². The molecule has 1 N–H and O–H groups in total. The number of phosphoric acid groups is 1. The largest absolute Gasteiger partial charge is 0.497 e. The van der Waals surface area contributed by atoms with Crippen LogP contribution in [0.1, 0.15) is 48.1 Å². The monoisotopic (exact) mass is 638 g/mol. The quantitative estimate of drug-likeness (QED) is 0.137. The fourth-order valence-electron chi connectivity index (χ4n) is 5.63. The summed E-state index contributed by atoms with van der Waals surface area (Å²) in [6, 6.07) is 36.9. The molecule has 4 aromatic carbocycles. The fourth-order valence-corrected chi connectivity index (χ4v) is 7.01. The van der Waals surface area contributed by atoms with Crippen molar-refractivity contribution in [2.45, 2.75) is 57.5 Å². The smallest absolute Gasteiger partial charge is 0.475 e. The van der Waals surface area contributed by atoms with E-state index in [9.17, 15) is 9.67 Å². The number of ether oxygens (including phenoxy) is 1. The molecule has 6 rings (SSSR count). The summed E-state index contributed by atoms with van der Waals surface area (Å²) >= 11 is 0. The van der Waals surface area contributed by atoms with Gasteiger partial charge in [-0.3, -0.25) is 13.6 Å². The average Bonchev–Trinajstić information content (AvgIpc) is 3.56. The molecule has 0 radical (unpaired) electrons. The molecule has 1 saturated carbocycles. The zero-order valence-corrected chi connectivity index (χ0v) is 27.0. The molecular weight excluding hydrogens is 599 g/mol. The minimum Gasteiger partial charge on any atom is -0.497 e. The SMILES string of the molecule is COc1ccc(-n2nc(C3(O)CCC(OP(=O)(OCc4ccccc4)OCc4ccccc4)CC3)cc2-c2ccc(C)cc2)cc1. The average molecular weight is 639 g/mol. The number of aliphatic hydroxyl groups is 1. The second kappa shape index (κ2) is 14.2. The van der Waals surface area contributed by atoms with Gasteiger partial charge in [-0.05, 0) is 74.1 Å². The number of rotatable bonds is 12. The highest BCUT2D eigenvalue weighted by Gasteiger charge is 2.41. The topological polar surface area (TPSA) is 92.0 Å². The van der Waals surface area contributed by atoms with Crippen molar-refractivity contribution in [3.05, 3.63) is 138 Å². The number of aryl methyl sites for hydroxylation is 1. The molecule has 1 aromatic heterocycles. The zero-order chi connectivity index (χ0) is 32.0. The summed E-state index contributed by atoms with van der Waals surface area (Å²) in [6.07, 6.45) is 1.25.